The van der Waals surface area contributed by atoms with Crippen LogP contribution in [0.4, 0.5) is 0 Å². The summed E-state index contributed by atoms with van der Waals surface area (Å²) in [5.74, 6) is 0.694. The van der Waals surface area contributed by atoms with Crippen LogP contribution in [0.3, 0.4) is 0 Å². The van der Waals surface area contributed by atoms with E-state index in [1.165, 1.54) is 22.3 Å². The average Bonchev–Trinajstić information content (AvgIpc) is 2.69. The predicted molar refractivity (Wildman–Crippen MR) is 85.6 cm³/mol. The van der Waals surface area contributed by atoms with Gasteiger partial charge in [0.15, 0.2) is 0 Å². The molecule has 0 aliphatic rings. The van der Waals surface area contributed by atoms with Crippen LogP contribution in [0.5, 0.6) is 0 Å². The van der Waals surface area contributed by atoms with Gasteiger partial charge < -0.3 is 5.32 Å². The van der Waals surface area contributed by atoms with Crippen LogP contribution in [0.15, 0.2) is 4.47 Å². The summed E-state index contributed by atoms with van der Waals surface area (Å²) in [4.78, 5) is 0. The van der Waals surface area contributed by atoms with Crippen molar-refractivity contribution in [1.82, 2.24) is 15.1 Å². The van der Waals surface area contributed by atoms with Crippen LogP contribution in [0, 0.1) is 5.92 Å². The van der Waals surface area contributed by atoms with Crippen molar-refractivity contribution in [3.05, 3.63) is 15.9 Å². The second-order valence-corrected chi connectivity index (χ2v) is 6.38. The van der Waals surface area contributed by atoms with Crippen LogP contribution < -0.4 is 5.32 Å². The molecule has 0 saturated carbocycles. The Morgan fingerprint density at radius 1 is 1.26 bits per heavy atom. The molecule has 0 bridgehead atoms. The lowest BCUT2D eigenvalue weighted by molar-refractivity contribution is 0.446. The van der Waals surface area contributed by atoms with E-state index in [4.69, 9.17) is 0 Å². The van der Waals surface area contributed by atoms with Gasteiger partial charge in [-0.1, -0.05) is 27.7 Å². The van der Waals surface area contributed by atoms with Gasteiger partial charge >= 0.3 is 0 Å². The van der Waals surface area contributed by atoms with Crippen molar-refractivity contribution in [2.75, 3.05) is 6.54 Å². The monoisotopic (exact) mass is 329 g/mol. The Labute approximate surface area is 126 Å². The molecule has 0 aliphatic heterocycles. The molecule has 19 heavy (non-hydrogen) atoms. The van der Waals surface area contributed by atoms with E-state index >= 15 is 0 Å². The lowest BCUT2D eigenvalue weighted by Crippen LogP contribution is -2.28. The highest BCUT2D eigenvalue weighted by atomic mass is 79.9. The van der Waals surface area contributed by atoms with Crippen molar-refractivity contribution in [2.45, 2.75) is 66.5 Å². The first-order valence-corrected chi connectivity index (χ1v) is 8.26. The quantitative estimate of drug-likeness (QED) is 0.786. The van der Waals surface area contributed by atoms with Crippen molar-refractivity contribution in [2.24, 2.45) is 5.92 Å². The Kier molecular flexibility index (Phi) is 7.08. The third-order valence-corrected chi connectivity index (χ3v) is 4.36. The summed E-state index contributed by atoms with van der Waals surface area (Å²) in [7, 11) is 0. The van der Waals surface area contributed by atoms with Crippen molar-refractivity contribution >= 4 is 15.9 Å². The number of aryl methyl sites for hydroxylation is 2. The van der Waals surface area contributed by atoms with E-state index in [-0.39, 0.29) is 0 Å². The molecule has 0 radical (unpaired) electrons. The van der Waals surface area contributed by atoms with Gasteiger partial charge in [-0.2, -0.15) is 5.10 Å². The molecule has 1 atom stereocenters. The van der Waals surface area contributed by atoms with E-state index in [0.717, 1.165) is 25.9 Å². The van der Waals surface area contributed by atoms with E-state index in [2.05, 4.69) is 65.6 Å². The number of nitrogens with one attached hydrogen (secondary N) is 1. The molecule has 110 valence electrons. The Bertz CT molecular complexity index is 385. The van der Waals surface area contributed by atoms with Gasteiger partial charge in [-0.25, -0.2) is 0 Å². The normalized spacial score (nSPS) is 13.2. The molecule has 1 aromatic heterocycles. The summed E-state index contributed by atoms with van der Waals surface area (Å²) < 4.78 is 3.37. The second kappa shape index (κ2) is 8.05. The van der Waals surface area contributed by atoms with Gasteiger partial charge in [0.05, 0.1) is 15.9 Å². The maximum Gasteiger partial charge on any atom is 0.0766 e. The Balaban J connectivity index is 2.59. The van der Waals surface area contributed by atoms with Gasteiger partial charge in [-0.3, -0.25) is 4.68 Å². The van der Waals surface area contributed by atoms with Gasteiger partial charge in [0.1, 0.15) is 0 Å². The SMILES string of the molecule is CCc1nn(CC)c(CCC(C)CNC(C)C)c1Br. The maximum absolute atomic E-state index is 4.65. The number of aromatic nitrogens is 2. The fourth-order valence-corrected chi connectivity index (χ4v) is 2.94. The van der Waals surface area contributed by atoms with E-state index in [1.807, 2.05) is 0 Å². The molecule has 0 spiro atoms. The molecule has 0 aromatic carbocycles. The molecular weight excluding hydrogens is 302 g/mol. The zero-order valence-corrected chi connectivity index (χ0v) is 14.5. The lowest BCUT2D eigenvalue weighted by atomic mass is 10.0. The van der Waals surface area contributed by atoms with Gasteiger partial charge in [0, 0.05) is 12.6 Å². The number of rotatable bonds is 8. The number of hydrogen-bond donors (Lipinski definition) is 1. The summed E-state index contributed by atoms with van der Waals surface area (Å²) >= 11 is 3.72. The molecule has 3 nitrogen and oxygen atoms in total. The van der Waals surface area contributed by atoms with Crippen LogP contribution in [0.1, 0.15) is 52.4 Å². The minimum Gasteiger partial charge on any atom is -0.314 e. The molecule has 0 amide bonds. The number of halogens is 1. The van der Waals surface area contributed by atoms with Crippen LogP contribution >= 0.6 is 15.9 Å². The third-order valence-electron chi connectivity index (χ3n) is 3.44. The van der Waals surface area contributed by atoms with Crippen molar-refractivity contribution < 1.29 is 0 Å². The van der Waals surface area contributed by atoms with Gasteiger partial charge in [-0.15, -0.1) is 0 Å². The van der Waals surface area contributed by atoms with E-state index in [0.29, 0.717) is 12.0 Å². The highest BCUT2D eigenvalue weighted by Gasteiger charge is 2.14. The molecule has 1 N–H and O–H groups in total. The zero-order chi connectivity index (χ0) is 14.4. The smallest absolute Gasteiger partial charge is 0.0766 e. The molecule has 0 saturated heterocycles. The molecule has 1 aromatic rings. The standard InChI is InChI=1S/C15H28BrN3/c1-6-13-15(16)14(19(7-2)18-13)9-8-12(5)10-17-11(3)4/h11-12,17H,6-10H2,1-5H3. The summed E-state index contributed by atoms with van der Waals surface area (Å²) in [6, 6.07) is 0.571. The first-order valence-electron chi connectivity index (χ1n) is 7.46. The largest absolute Gasteiger partial charge is 0.314 e. The second-order valence-electron chi connectivity index (χ2n) is 5.58. The molecule has 0 fully saturated rings. The average molecular weight is 330 g/mol. The minimum absolute atomic E-state index is 0.571. The zero-order valence-electron chi connectivity index (χ0n) is 13.0. The third kappa shape index (κ3) is 4.92. The van der Waals surface area contributed by atoms with Crippen molar-refractivity contribution in [3.63, 3.8) is 0 Å². The molecule has 4 heteroatoms. The fraction of sp³-hybridized carbons (Fsp3) is 0.800. The van der Waals surface area contributed by atoms with Gasteiger partial charge in [-0.05, 0) is 54.6 Å². The highest BCUT2D eigenvalue weighted by molar-refractivity contribution is 9.10. The highest BCUT2D eigenvalue weighted by Crippen LogP contribution is 2.24. The Morgan fingerprint density at radius 2 is 1.95 bits per heavy atom. The van der Waals surface area contributed by atoms with Crippen LogP contribution in [-0.4, -0.2) is 22.4 Å². The topological polar surface area (TPSA) is 29.9 Å². The first kappa shape index (κ1) is 16.7. The molecular formula is C15H28BrN3. The van der Waals surface area contributed by atoms with E-state index in [9.17, 15) is 0 Å². The van der Waals surface area contributed by atoms with Gasteiger partial charge in [0.2, 0.25) is 0 Å². The van der Waals surface area contributed by atoms with Crippen molar-refractivity contribution in [1.29, 1.82) is 0 Å². The minimum atomic E-state index is 0.571. The fourth-order valence-electron chi connectivity index (χ4n) is 2.18. The van der Waals surface area contributed by atoms with Crippen LogP contribution in [0.25, 0.3) is 0 Å². The van der Waals surface area contributed by atoms with Crippen molar-refractivity contribution in [3.8, 4) is 0 Å². The summed E-state index contributed by atoms with van der Waals surface area (Å²) in [6.07, 6.45) is 3.29. The van der Waals surface area contributed by atoms with Gasteiger partial charge in [0.25, 0.3) is 0 Å². The summed E-state index contributed by atoms with van der Waals surface area (Å²) in [5, 5.41) is 8.16. The molecule has 1 heterocycles. The van der Waals surface area contributed by atoms with Crippen LogP contribution in [-0.2, 0) is 19.4 Å². The lowest BCUT2D eigenvalue weighted by Gasteiger charge is -2.15. The first-order chi connectivity index (χ1) is 8.99. The molecule has 0 aliphatic carbocycles. The molecule has 1 unspecified atom stereocenters. The Morgan fingerprint density at radius 3 is 2.47 bits per heavy atom. The van der Waals surface area contributed by atoms with E-state index < -0.39 is 0 Å². The number of hydrogen-bond acceptors (Lipinski definition) is 2. The molecule has 1 rings (SSSR count). The summed E-state index contributed by atoms with van der Waals surface area (Å²) in [6.45, 7) is 13.1. The summed E-state index contributed by atoms with van der Waals surface area (Å²) in [5.41, 5.74) is 2.54. The van der Waals surface area contributed by atoms with E-state index in [1.54, 1.807) is 0 Å². The predicted octanol–water partition coefficient (Wildman–Crippen LogP) is 3.79. The maximum atomic E-state index is 4.65. The Hall–Kier alpha value is -0.350. The van der Waals surface area contributed by atoms with Crippen LogP contribution in [0.2, 0.25) is 0 Å². The number of nitrogens with zero attached hydrogens (tertiary/aromatic N) is 2.